The van der Waals surface area contributed by atoms with E-state index in [0.29, 0.717) is 23.8 Å². The lowest BCUT2D eigenvalue weighted by atomic mass is 9.69. The summed E-state index contributed by atoms with van der Waals surface area (Å²) in [5.74, 6) is 0.241. The van der Waals surface area contributed by atoms with Gasteiger partial charge in [-0.05, 0) is 18.3 Å². The van der Waals surface area contributed by atoms with E-state index >= 15 is 0 Å². The molecule has 0 radical (unpaired) electrons. The molecule has 2 heterocycles. The Balaban J connectivity index is 1.78. The number of rotatable bonds is 5. The third-order valence-corrected chi connectivity index (χ3v) is 4.68. The molecule has 0 bridgehead atoms. The Morgan fingerprint density at radius 2 is 2.19 bits per heavy atom. The Morgan fingerprint density at radius 1 is 1.38 bits per heavy atom. The van der Waals surface area contributed by atoms with E-state index in [9.17, 15) is 9.90 Å². The molecule has 0 saturated heterocycles. The summed E-state index contributed by atoms with van der Waals surface area (Å²) in [7, 11) is 0. The van der Waals surface area contributed by atoms with E-state index < -0.39 is 5.97 Å². The van der Waals surface area contributed by atoms with E-state index in [4.69, 9.17) is 4.52 Å². The first kappa shape index (κ1) is 14.2. The van der Waals surface area contributed by atoms with Crippen molar-refractivity contribution in [1.29, 1.82) is 0 Å². The molecule has 0 aromatic carbocycles. The summed E-state index contributed by atoms with van der Waals surface area (Å²) in [5, 5.41) is 15.0. The van der Waals surface area contributed by atoms with E-state index in [1.54, 1.807) is 5.51 Å². The van der Waals surface area contributed by atoms with Crippen LogP contribution < -0.4 is 0 Å². The maximum Gasteiger partial charge on any atom is 0.303 e. The third kappa shape index (κ3) is 3.29. The van der Waals surface area contributed by atoms with Crippen molar-refractivity contribution in [3.05, 3.63) is 16.8 Å². The molecule has 2 aromatic rings. The second-order valence-corrected chi connectivity index (χ2v) is 6.41. The molecule has 0 aliphatic heterocycles. The second-order valence-electron chi connectivity index (χ2n) is 5.69. The van der Waals surface area contributed by atoms with E-state index in [1.807, 2.05) is 5.38 Å². The summed E-state index contributed by atoms with van der Waals surface area (Å²) in [6.07, 6.45) is 5.84. The molecule has 21 heavy (non-hydrogen) atoms. The lowest BCUT2D eigenvalue weighted by molar-refractivity contribution is -0.140. The van der Waals surface area contributed by atoms with Gasteiger partial charge >= 0.3 is 5.97 Å². The largest absolute Gasteiger partial charge is 0.481 e. The summed E-state index contributed by atoms with van der Waals surface area (Å²) in [5.41, 5.74) is 2.18. The molecular formula is C14H17N3O3S. The first-order valence-corrected chi connectivity index (χ1v) is 8.04. The number of hydrogen-bond acceptors (Lipinski definition) is 6. The Labute approximate surface area is 126 Å². The number of carboxylic acids is 1. The Kier molecular flexibility index (Phi) is 4.01. The number of carbonyl (C=O) groups is 1. The lowest BCUT2D eigenvalue weighted by Crippen LogP contribution is -2.29. The lowest BCUT2D eigenvalue weighted by Gasteiger charge is -2.34. The topological polar surface area (TPSA) is 89.1 Å². The van der Waals surface area contributed by atoms with Crippen LogP contribution in [-0.4, -0.2) is 26.2 Å². The molecule has 2 aromatic heterocycles. The third-order valence-electron chi connectivity index (χ3n) is 4.10. The van der Waals surface area contributed by atoms with Crippen LogP contribution in [0.5, 0.6) is 0 Å². The molecule has 7 heteroatoms. The molecule has 112 valence electrons. The van der Waals surface area contributed by atoms with Crippen LogP contribution in [0.15, 0.2) is 15.4 Å². The van der Waals surface area contributed by atoms with Crippen LogP contribution in [0, 0.1) is 5.41 Å². The van der Waals surface area contributed by atoms with Gasteiger partial charge in [0.2, 0.25) is 11.7 Å². The minimum Gasteiger partial charge on any atom is -0.481 e. The van der Waals surface area contributed by atoms with E-state index in [0.717, 1.165) is 25.7 Å². The van der Waals surface area contributed by atoms with Gasteiger partial charge in [0.05, 0.1) is 11.9 Å². The standard InChI is InChI=1S/C14H17N3O3S/c18-12(19)7-14(4-2-1-3-5-14)6-11-16-13(17-20-11)10-8-21-9-15-10/h8-9H,1-7H2,(H,18,19). The molecule has 6 nitrogen and oxygen atoms in total. The molecule has 1 aliphatic carbocycles. The zero-order chi connectivity index (χ0) is 14.7. The number of carboxylic acid groups (broad SMARTS) is 1. The van der Waals surface area contributed by atoms with Gasteiger partial charge in [0, 0.05) is 11.8 Å². The maximum absolute atomic E-state index is 11.2. The van der Waals surface area contributed by atoms with Crippen LogP contribution in [0.3, 0.4) is 0 Å². The summed E-state index contributed by atoms with van der Waals surface area (Å²) in [6.45, 7) is 0. The van der Waals surface area contributed by atoms with Gasteiger partial charge < -0.3 is 9.63 Å². The van der Waals surface area contributed by atoms with E-state index in [-0.39, 0.29) is 11.8 Å². The molecule has 1 saturated carbocycles. The van der Waals surface area contributed by atoms with Gasteiger partial charge in [0.25, 0.3) is 0 Å². The SMILES string of the molecule is O=C(O)CC1(Cc2nc(-c3cscn3)no2)CCCCC1. The zero-order valence-electron chi connectivity index (χ0n) is 11.6. The maximum atomic E-state index is 11.2. The van der Waals surface area contributed by atoms with Crippen molar-refractivity contribution in [2.45, 2.75) is 44.9 Å². The average Bonchev–Trinajstić information content (AvgIpc) is 3.09. The van der Waals surface area contributed by atoms with Crippen molar-refractivity contribution < 1.29 is 14.4 Å². The van der Waals surface area contributed by atoms with Crippen LogP contribution >= 0.6 is 11.3 Å². The zero-order valence-corrected chi connectivity index (χ0v) is 12.4. The monoisotopic (exact) mass is 307 g/mol. The van der Waals surface area contributed by atoms with E-state index in [1.165, 1.54) is 17.8 Å². The fourth-order valence-electron chi connectivity index (χ4n) is 3.11. The molecule has 0 amide bonds. The number of thiazole rings is 1. The van der Waals surface area contributed by atoms with Crippen LogP contribution in [0.2, 0.25) is 0 Å². The fourth-order valence-corrected chi connectivity index (χ4v) is 3.64. The molecule has 3 rings (SSSR count). The number of hydrogen-bond donors (Lipinski definition) is 1. The first-order chi connectivity index (χ1) is 10.2. The molecule has 1 N–H and O–H groups in total. The van der Waals surface area contributed by atoms with Gasteiger partial charge in [-0.3, -0.25) is 4.79 Å². The number of aromatic nitrogens is 3. The highest BCUT2D eigenvalue weighted by atomic mass is 32.1. The van der Waals surface area contributed by atoms with Gasteiger partial charge in [-0.25, -0.2) is 4.98 Å². The molecular weight excluding hydrogens is 290 g/mol. The quantitative estimate of drug-likeness (QED) is 0.912. The molecule has 0 unspecified atom stereocenters. The average molecular weight is 307 g/mol. The van der Waals surface area contributed by atoms with Crippen LogP contribution in [-0.2, 0) is 11.2 Å². The van der Waals surface area contributed by atoms with Gasteiger partial charge in [-0.1, -0.05) is 24.4 Å². The number of nitrogens with zero attached hydrogens (tertiary/aromatic N) is 3. The predicted molar refractivity (Wildman–Crippen MR) is 76.9 cm³/mol. The molecule has 0 spiro atoms. The van der Waals surface area contributed by atoms with Gasteiger partial charge in [0.1, 0.15) is 5.69 Å². The van der Waals surface area contributed by atoms with Crippen molar-refractivity contribution in [2.24, 2.45) is 5.41 Å². The minimum atomic E-state index is -0.754. The highest BCUT2D eigenvalue weighted by Crippen LogP contribution is 2.42. The summed E-state index contributed by atoms with van der Waals surface area (Å²) < 4.78 is 5.31. The molecule has 0 atom stereocenters. The van der Waals surface area contributed by atoms with Crippen LogP contribution in [0.25, 0.3) is 11.5 Å². The van der Waals surface area contributed by atoms with Crippen molar-refractivity contribution >= 4 is 17.3 Å². The Morgan fingerprint density at radius 3 is 2.86 bits per heavy atom. The normalized spacial score (nSPS) is 17.7. The smallest absolute Gasteiger partial charge is 0.303 e. The predicted octanol–water partition coefficient (Wildman–Crippen LogP) is 3.16. The molecule has 1 aliphatic rings. The second kappa shape index (κ2) is 5.93. The highest BCUT2D eigenvalue weighted by Gasteiger charge is 2.36. The van der Waals surface area contributed by atoms with Gasteiger partial charge in [0.15, 0.2) is 0 Å². The Hall–Kier alpha value is -1.76. The van der Waals surface area contributed by atoms with Crippen molar-refractivity contribution in [3.8, 4) is 11.5 Å². The van der Waals surface area contributed by atoms with Gasteiger partial charge in [-0.15, -0.1) is 11.3 Å². The van der Waals surface area contributed by atoms with Crippen LogP contribution in [0.4, 0.5) is 0 Å². The Bertz CT molecular complexity index is 603. The van der Waals surface area contributed by atoms with Gasteiger partial charge in [-0.2, -0.15) is 4.98 Å². The summed E-state index contributed by atoms with van der Waals surface area (Å²) >= 11 is 1.48. The first-order valence-electron chi connectivity index (χ1n) is 7.10. The molecule has 1 fully saturated rings. The van der Waals surface area contributed by atoms with Crippen molar-refractivity contribution in [3.63, 3.8) is 0 Å². The van der Waals surface area contributed by atoms with Crippen molar-refractivity contribution in [1.82, 2.24) is 15.1 Å². The fraction of sp³-hybridized carbons (Fsp3) is 0.571. The minimum absolute atomic E-state index is 0.168. The summed E-state index contributed by atoms with van der Waals surface area (Å²) in [6, 6.07) is 0. The van der Waals surface area contributed by atoms with E-state index in [2.05, 4.69) is 15.1 Å². The highest BCUT2D eigenvalue weighted by molar-refractivity contribution is 7.07. The number of aliphatic carboxylic acids is 1. The van der Waals surface area contributed by atoms with Crippen molar-refractivity contribution in [2.75, 3.05) is 0 Å². The summed E-state index contributed by atoms with van der Waals surface area (Å²) in [4.78, 5) is 19.7. The van der Waals surface area contributed by atoms with Crippen LogP contribution in [0.1, 0.15) is 44.4 Å².